The Morgan fingerprint density at radius 3 is 2.38 bits per heavy atom. The van der Waals surface area contributed by atoms with Crippen LogP contribution in [0.5, 0.6) is 0 Å². The number of nitrogens with zero attached hydrogens (tertiary/aromatic N) is 2. The van der Waals surface area contributed by atoms with Crippen LogP contribution >= 0.6 is 24.0 Å². The van der Waals surface area contributed by atoms with Crippen molar-refractivity contribution in [2.24, 2.45) is 10.9 Å². The molecule has 0 bridgehead atoms. The quantitative estimate of drug-likeness (QED) is 0.313. The number of hydrogen-bond donors (Lipinski definition) is 1. The Morgan fingerprint density at radius 1 is 1.31 bits per heavy atom. The molecular formula is C19H29FIN3O2. The molecule has 1 aromatic carbocycles. The van der Waals surface area contributed by atoms with Crippen molar-refractivity contribution >= 4 is 35.9 Å². The second-order valence-electron chi connectivity index (χ2n) is 7.08. The van der Waals surface area contributed by atoms with Gasteiger partial charge in [0.25, 0.3) is 0 Å². The summed E-state index contributed by atoms with van der Waals surface area (Å²) in [7, 11) is 3.20. The highest BCUT2D eigenvalue weighted by Gasteiger charge is 2.28. The van der Waals surface area contributed by atoms with E-state index in [2.05, 4.69) is 29.1 Å². The van der Waals surface area contributed by atoms with Gasteiger partial charge in [0.1, 0.15) is 5.82 Å². The first-order valence-corrected chi connectivity index (χ1v) is 8.67. The number of hydrogen-bond acceptors (Lipinski definition) is 3. The van der Waals surface area contributed by atoms with E-state index in [0.717, 1.165) is 37.5 Å². The van der Waals surface area contributed by atoms with Gasteiger partial charge in [-0.3, -0.25) is 9.79 Å². The summed E-state index contributed by atoms with van der Waals surface area (Å²) in [5, 5.41) is 3.42. The summed E-state index contributed by atoms with van der Waals surface area (Å²) in [4.78, 5) is 18.2. The van der Waals surface area contributed by atoms with Crippen LogP contribution in [0.15, 0.2) is 29.3 Å². The van der Waals surface area contributed by atoms with Crippen LogP contribution in [0.25, 0.3) is 0 Å². The number of piperidine rings is 1. The van der Waals surface area contributed by atoms with Crippen molar-refractivity contribution in [2.75, 3.05) is 33.8 Å². The highest BCUT2D eigenvalue weighted by molar-refractivity contribution is 14.0. The molecule has 1 fully saturated rings. The fraction of sp³-hybridized carbons (Fsp3) is 0.579. The van der Waals surface area contributed by atoms with E-state index in [1.54, 1.807) is 7.05 Å². The van der Waals surface area contributed by atoms with Gasteiger partial charge in [-0.25, -0.2) is 4.39 Å². The van der Waals surface area contributed by atoms with Gasteiger partial charge in [-0.15, -0.1) is 24.0 Å². The molecule has 0 spiro atoms. The second kappa shape index (κ2) is 10.1. The molecule has 1 N–H and O–H groups in total. The van der Waals surface area contributed by atoms with Gasteiger partial charge < -0.3 is 15.0 Å². The van der Waals surface area contributed by atoms with Crippen LogP contribution in [0.1, 0.15) is 32.3 Å². The Hall–Kier alpha value is -1.38. The number of carbonyl (C=O) groups is 1. The molecule has 1 aliphatic rings. The highest BCUT2D eigenvalue weighted by Crippen LogP contribution is 2.23. The van der Waals surface area contributed by atoms with E-state index >= 15 is 0 Å². The SMILES string of the molecule is CN=C(NCC(C)(C)c1ccc(F)cc1)N1CCC(C(=O)OC)CC1.I. The number of methoxy groups -OCH3 is 1. The van der Waals surface area contributed by atoms with Crippen molar-refractivity contribution < 1.29 is 13.9 Å². The van der Waals surface area contributed by atoms with Crippen LogP contribution in [0, 0.1) is 11.7 Å². The van der Waals surface area contributed by atoms with Crippen LogP contribution in [-0.2, 0) is 14.9 Å². The first kappa shape index (κ1) is 22.7. The van der Waals surface area contributed by atoms with Gasteiger partial charge in [0.05, 0.1) is 13.0 Å². The van der Waals surface area contributed by atoms with Crippen molar-refractivity contribution in [1.29, 1.82) is 0 Å². The number of nitrogens with one attached hydrogen (secondary N) is 1. The van der Waals surface area contributed by atoms with E-state index in [9.17, 15) is 9.18 Å². The first-order chi connectivity index (χ1) is 11.9. The van der Waals surface area contributed by atoms with E-state index in [-0.39, 0.29) is 47.1 Å². The fourth-order valence-corrected chi connectivity index (χ4v) is 3.13. The molecule has 0 unspecified atom stereocenters. The summed E-state index contributed by atoms with van der Waals surface area (Å²) in [5.41, 5.74) is 0.912. The maximum Gasteiger partial charge on any atom is 0.308 e. The van der Waals surface area contributed by atoms with E-state index in [4.69, 9.17) is 4.74 Å². The minimum atomic E-state index is -0.225. The molecule has 0 saturated carbocycles. The minimum Gasteiger partial charge on any atom is -0.469 e. The number of carbonyl (C=O) groups excluding carboxylic acids is 1. The first-order valence-electron chi connectivity index (χ1n) is 8.67. The molecule has 1 heterocycles. The normalized spacial score (nSPS) is 16.0. The molecule has 0 amide bonds. The number of guanidine groups is 1. The topological polar surface area (TPSA) is 53.9 Å². The number of aliphatic imine (C=N–C) groups is 1. The summed E-state index contributed by atoms with van der Waals surface area (Å²) in [6, 6.07) is 6.62. The van der Waals surface area contributed by atoms with Gasteiger partial charge in [0.15, 0.2) is 5.96 Å². The molecule has 0 atom stereocenters. The Bertz CT molecular complexity index is 612. The average molecular weight is 477 g/mol. The standard InChI is InChI=1S/C19H28FN3O2.HI/c1-19(2,15-5-7-16(20)8-6-15)13-22-18(21-3)23-11-9-14(10-12-23)17(24)25-4;/h5-8,14H,9-13H2,1-4H3,(H,21,22);1H. The molecule has 0 radical (unpaired) electrons. The number of benzene rings is 1. The van der Waals surface area contributed by atoms with Crippen molar-refractivity contribution in [2.45, 2.75) is 32.1 Å². The summed E-state index contributed by atoms with van der Waals surface area (Å²) in [6.07, 6.45) is 1.55. The largest absolute Gasteiger partial charge is 0.469 e. The molecule has 5 nitrogen and oxygen atoms in total. The Labute approximate surface area is 172 Å². The zero-order valence-corrected chi connectivity index (χ0v) is 18.2. The monoisotopic (exact) mass is 477 g/mol. The maximum absolute atomic E-state index is 13.1. The van der Waals surface area contributed by atoms with E-state index in [1.807, 2.05) is 12.1 Å². The second-order valence-corrected chi connectivity index (χ2v) is 7.08. The number of esters is 1. The zero-order valence-electron chi connectivity index (χ0n) is 15.9. The van der Waals surface area contributed by atoms with Gasteiger partial charge in [-0.05, 0) is 30.5 Å². The lowest BCUT2D eigenvalue weighted by atomic mass is 9.84. The molecule has 7 heteroatoms. The lowest BCUT2D eigenvalue weighted by molar-refractivity contribution is -0.146. The van der Waals surface area contributed by atoms with Crippen LogP contribution in [0.4, 0.5) is 4.39 Å². The molecule has 1 aliphatic heterocycles. The van der Waals surface area contributed by atoms with E-state index in [1.165, 1.54) is 19.2 Å². The van der Waals surface area contributed by atoms with Gasteiger partial charge >= 0.3 is 5.97 Å². The van der Waals surface area contributed by atoms with Crippen molar-refractivity contribution in [3.05, 3.63) is 35.6 Å². The van der Waals surface area contributed by atoms with E-state index < -0.39 is 0 Å². The molecule has 0 aliphatic carbocycles. The third-order valence-electron chi connectivity index (χ3n) is 4.85. The van der Waals surface area contributed by atoms with Crippen LogP contribution < -0.4 is 5.32 Å². The van der Waals surface area contributed by atoms with E-state index in [0.29, 0.717) is 6.54 Å². The third-order valence-corrected chi connectivity index (χ3v) is 4.85. The third kappa shape index (κ3) is 5.82. The molecular weight excluding hydrogens is 448 g/mol. The van der Waals surface area contributed by atoms with Gasteiger partial charge in [-0.2, -0.15) is 0 Å². The molecule has 26 heavy (non-hydrogen) atoms. The van der Waals surface area contributed by atoms with Gasteiger partial charge in [-0.1, -0.05) is 26.0 Å². The summed E-state index contributed by atoms with van der Waals surface area (Å²) >= 11 is 0. The number of ether oxygens (including phenoxy) is 1. The summed E-state index contributed by atoms with van der Waals surface area (Å²) in [6.45, 7) is 6.46. The fourth-order valence-electron chi connectivity index (χ4n) is 3.13. The van der Waals surface area contributed by atoms with Crippen LogP contribution in [0.2, 0.25) is 0 Å². The Kier molecular flexibility index (Phi) is 8.79. The lowest BCUT2D eigenvalue weighted by Gasteiger charge is -2.35. The van der Waals surface area contributed by atoms with Crippen molar-refractivity contribution in [3.8, 4) is 0 Å². The molecule has 146 valence electrons. The summed E-state index contributed by atoms with van der Waals surface area (Å²) < 4.78 is 18.0. The molecule has 2 rings (SSSR count). The molecule has 0 aromatic heterocycles. The smallest absolute Gasteiger partial charge is 0.308 e. The number of rotatable bonds is 4. The van der Waals surface area contributed by atoms with Gasteiger partial charge in [0, 0.05) is 32.1 Å². The van der Waals surface area contributed by atoms with Gasteiger partial charge in [0.2, 0.25) is 0 Å². The van der Waals surface area contributed by atoms with Crippen molar-refractivity contribution in [1.82, 2.24) is 10.2 Å². The Balaban J connectivity index is 0.00000338. The molecule has 1 aromatic rings. The summed E-state index contributed by atoms with van der Waals surface area (Å²) in [5.74, 6) is 0.463. The predicted octanol–water partition coefficient (Wildman–Crippen LogP) is 3.18. The molecule has 1 saturated heterocycles. The highest BCUT2D eigenvalue weighted by atomic mass is 127. The minimum absolute atomic E-state index is 0. The van der Waals surface area contributed by atoms with Crippen LogP contribution in [-0.4, -0.2) is 50.6 Å². The predicted molar refractivity (Wildman–Crippen MR) is 113 cm³/mol. The Morgan fingerprint density at radius 2 is 1.88 bits per heavy atom. The zero-order chi connectivity index (χ0) is 18.4. The number of halogens is 2. The van der Waals surface area contributed by atoms with Crippen molar-refractivity contribution in [3.63, 3.8) is 0 Å². The lowest BCUT2D eigenvalue weighted by Crippen LogP contribution is -2.49. The van der Waals surface area contributed by atoms with Crippen LogP contribution in [0.3, 0.4) is 0 Å². The average Bonchev–Trinajstić information content (AvgIpc) is 2.62. The number of likely N-dealkylation sites (tertiary alicyclic amines) is 1. The maximum atomic E-state index is 13.1.